The summed E-state index contributed by atoms with van der Waals surface area (Å²) in [6, 6.07) is 18.1. The van der Waals surface area contributed by atoms with Crippen LogP contribution in [0.1, 0.15) is 12.0 Å². The van der Waals surface area contributed by atoms with Crippen LogP contribution in [0.2, 0.25) is 0 Å². The zero-order valence-corrected chi connectivity index (χ0v) is 18.2. The van der Waals surface area contributed by atoms with Crippen LogP contribution in [0.25, 0.3) is 0 Å². The van der Waals surface area contributed by atoms with E-state index in [-0.39, 0.29) is 5.91 Å². The molecule has 2 heterocycles. The molecule has 0 spiro atoms. The van der Waals surface area contributed by atoms with Gasteiger partial charge in [-0.05, 0) is 36.6 Å². The van der Waals surface area contributed by atoms with Gasteiger partial charge in [0, 0.05) is 45.0 Å². The molecule has 166 valence electrons. The van der Waals surface area contributed by atoms with Gasteiger partial charge >= 0.3 is 0 Å². The van der Waals surface area contributed by atoms with Crippen LogP contribution in [0.5, 0.6) is 5.75 Å². The van der Waals surface area contributed by atoms with Gasteiger partial charge in [0.25, 0.3) is 0 Å². The lowest BCUT2D eigenvalue weighted by Crippen LogP contribution is -2.51. The van der Waals surface area contributed by atoms with Crippen molar-refractivity contribution < 1.29 is 14.3 Å². The Hall–Kier alpha value is -2.41. The fraction of sp³-hybridized carbons (Fsp3) is 0.480. The van der Waals surface area contributed by atoms with Crippen molar-refractivity contribution in [2.75, 3.05) is 70.5 Å². The predicted octanol–water partition coefficient (Wildman–Crippen LogP) is 2.68. The zero-order chi connectivity index (χ0) is 21.3. The zero-order valence-electron chi connectivity index (χ0n) is 18.2. The number of ether oxygens (including phenoxy) is 2. The molecule has 4 rings (SSSR count). The maximum atomic E-state index is 12.9. The lowest BCUT2D eigenvalue weighted by molar-refractivity contribution is -0.120. The minimum Gasteiger partial charge on any atom is -0.491 e. The van der Waals surface area contributed by atoms with Crippen LogP contribution in [0, 0.1) is 0 Å². The molecule has 1 fully saturated rings. The van der Waals surface area contributed by atoms with Crippen molar-refractivity contribution >= 4 is 11.6 Å². The minimum absolute atomic E-state index is 0.224. The summed E-state index contributed by atoms with van der Waals surface area (Å²) in [6.45, 7) is 7.96. The molecule has 0 unspecified atom stereocenters. The van der Waals surface area contributed by atoms with Gasteiger partial charge in [0.05, 0.1) is 19.8 Å². The number of rotatable bonds is 9. The number of piperazine rings is 1. The Labute approximate surface area is 185 Å². The molecule has 0 bridgehead atoms. The molecule has 2 aliphatic rings. The normalized spacial score (nSPS) is 17.4. The number of nitrogens with zero attached hydrogens (tertiary/aromatic N) is 3. The Balaban J connectivity index is 1.10. The molecule has 0 aromatic heterocycles. The van der Waals surface area contributed by atoms with Gasteiger partial charge in [0.15, 0.2) is 0 Å². The highest BCUT2D eigenvalue weighted by Crippen LogP contribution is 2.26. The average molecular weight is 424 g/mol. The molecule has 0 N–H and O–H groups in total. The van der Waals surface area contributed by atoms with Crippen molar-refractivity contribution in [3.05, 3.63) is 60.2 Å². The SMILES string of the molecule is O=C(CN1CCN(CCOCCOc2ccccc2)CC1)N1CCCc2ccccc21. The number of anilines is 1. The molecule has 2 aliphatic heterocycles. The number of aryl methyl sites for hydroxylation is 1. The summed E-state index contributed by atoms with van der Waals surface area (Å²) in [5, 5.41) is 0. The summed E-state index contributed by atoms with van der Waals surface area (Å²) >= 11 is 0. The van der Waals surface area contributed by atoms with Gasteiger partial charge in [0.1, 0.15) is 12.4 Å². The molecular weight excluding hydrogens is 390 g/mol. The van der Waals surface area contributed by atoms with Crippen molar-refractivity contribution in [3.63, 3.8) is 0 Å². The highest BCUT2D eigenvalue weighted by Gasteiger charge is 2.25. The van der Waals surface area contributed by atoms with Crippen molar-refractivity contribution in [1.29, 1.82) is 0 Å². The lowest BCUT2D eigenvalue weighted by atomic mass is 10.0. The molecule has 1 amide bonds. The minimum atomic E-state index is 0.224. The fourth-order valence-electron chi connectivity index (χ4n) is 4.27. The second kappa shape index (κ2) is 11.3. The van der Waals surface area contributed by atoms with Crippen LogP contribution in [0.15, 0.2) is 54.6 Å². The topological polar surface area (TPSA) is 45.3 Å². The maximum absolute atomic E-state index is 12.9. The first-order valence-electron chi connectivity index (χ1n) is 11.4. The monoisotopic (exact) mass is 423 g/mol. The molecule has 2 aromatic rings. The van der Waals surface area contributed by atoms with Crippen molar-refractivity contribution in [3.8, 4) is 5.75 Å². The van der Waals surface area contributed by atoms with Crippen LogP contribution in [0.4, 0.5) is 5.69 Å². The van der Waals surface area contributed by atoms with Gasteiger partial charge in [-0.15, -0.1) is 0 Å². The lowest BCUT2D eigenvalue weighted by Gasteiger charge is -2.36. The number of fused-ring (bicyclic) bond motifs is 1. The van der Waals surface area contributed by atoms with E-state index in [9.17, 15) is 4.79 Å². The molecule has 1 saturated heterocycles. The smallest absolute Gasteiger partial charge is 0.241 e. The van der Waals surface area contributed by atoms with E-state index in [0.717, 1.165) is 63.5 Å². The van der Waals surface area contributed by atoms with E-state index in [1.54, 1.807) is 0 Å². The van der Waals surface area contributed by atoms with Crippen molar-refractivity contribution in [2.45, 2.75) is 12.8 Å². The van der Waals surface area contributed by atoms with E-state index in [1.165, 1.54) is 5.56 Å². The first-order chi connectivity index (χ1) is 15.3. The largest absolute Gasteiger partial charge is 0.491 e. The number of carbonyl (C=O) groups excluding carboxylic acids is 1. The van der Waals surface area contributed by atoms with Crippen molar-refractivity contribution in [2.24, 2.45) is 0 Å². The third-order valence-corrected chi connectivity index (χ3v) is 6.03. The van der Waals surface area contributed by atoms with E-state index in [1.807, 2.05) is 41.3 Å². The molecule has 2 aromatic carbocycles. The summed E-state index contributed by atoms with van der Waals surface area (Å²) in [6.07, 6.45) is 2.12. The van der Waals surface area contributed by atoms with Gasteiger partial charge in [0.2, 0.25) is 5.91 Å². The number of hydrogen-bond donors (Lipinski definition) is 0. The number of amides is 1. The number of para-hydroxylation sites is 2. The quantitative estimate of drug-likeness (QED) is 0.581. The van der Waals surface area contributed by atoms with Crippen molar-refractivity contribution in [1.82, 2.24) is 9.80 Å². The molecular formula is C25H33N3O3. The Morgan fingerprint density at radius 3 is 2.39 bits per heavy atom. The summed E-state index contributed by atoms with van der Waals surface area (Å²) in [4.78, 5) is 19.6. The van der Waals surface area contributed by atoms with E-state index in [4.69, 9.17) is 9.47 Å². The molecule has 0 radical (unpaired) electrons. The average Bonchev–Trinajstić information content (AvgIpc) is 2.82. The fourth-order valence-corrected chi connectivity index (χ4v) is 4.27. The summed E-state index contributed by atoms with van der Waals surface area (Å²) in [5.74, 6) is 1.10. The van der Waals surface area contributed by atoms with Crippen LogP contribution in [-0.2, 0) is 16.0 Å². The highest BCUT2D eigenvalue weighted by atomic mass is 16.5. The van der Waals surface area contributed by atoms with Gasteiger partial charge in [-0.25, -0.2) is 0 Å². The molecule has 6 nitrogen and oxygen atoms in total. The predicted molar refractivity (Wildman–Crippen MR) is 123 cm³/mol. The van der Waals surface area contributed by atoms with E-state index in [2.05, 4.69) is 28.0 Å². The Morgan fingerprint density at radius 1 is 0.806 bits per heavy atom. The number of benzene rings is 2. The standard InChI is InChI=1S/C25H33N3O3/c29-25(28-12-6-8-22-7-4-5-11-24(22)28)21-27-15-13-26(14-16-27)17-18-30-19-20-31-23-9-2-1-3-10-23/h1-5,7,9-11H,6,8,12-21H2. The first-order valence-corrected chi connectivity index (χ1v) is 11.4. The highest BCUT2D eigenvalue weighted by molar-refractivity contribution is 5.95. The molecule has 0 saturated carbocycles. The maximum Gasteiger partial charge on any atom is 0.241 e. The van der Waals surface area contributed by atoms with Gasteiger partial charge in [-0.3, -0.25) is 14.6 Å². The van der Waals surface area contributed by atoms with Crippen LogP contribution in [-0.4, -0.2) is 81.3 Å². The van der Waals surface area contributed by atoms with E-state index >= 15 is 0 Å². The van der Waals surface area contributed by atoms with E-state index < -0.39 is 0 Å². The van der Waals surface area contributed by atoms with Crippen LogP contribution in [0.3, 0.4) is 0 Å². The van der Waals surface area contributed by atoms with Crippen LogP contribution < -0.4 is 9.64 Å². The Morgan fingerprint density at radius 2 is 1.55 bits per heavy atom. The summed E-state index contributed by atoms with van der Waals surface area (Å²) in [5.41, 5.74) is 2.40. The second-order valence-electron chi connectivity index (χ2n) is 8.17. The van der Waals surface area contributed by atoms with Gasteiger partial charge in [-0.1, -0.05) is 36.4 Å². The van der Waals surface area contributed by atoms with Gasteiger partial charge in [-0.2, -0.15) is 0 Å². The van der Waals surface area contributed by atoms with Crippen LogP contribution >= 0.6 is 0 Å². The molecule has 6 heteroatoms. The van der Waals surface area contributed by atoms with E-state index in [0.29, 0.717) is 26.4 Å². The number of carbonyl (C=O) groups is 1. The summed E-state index contributed by atoms with van der Waals surface area (Å²) < 4.78 is 11.4. The Bertz CT molecular complexity index is 822. The first kappa shape index (κ1) is 21.8. The third kappa shape index (κ3) is 6.29. The molecule has 0 atom stereocenters. The number of hydrogen-bond acceptors (Lipinski definition) is 5. The van der Waals surface area contributed by atoms with Gasteiger partial charge < -0.3 is 14.4 Å². The third-order valence-electron chi connectivity index (χ3n) is 6.03. The second-order valence-corrected chi connectivity index (χ2v) is 8.17. The Kier molecular flexibility index (Phi) is 7.93. The summed E-state index contributed by atoms with van der Waals surface area (Å²) in [7, 11) is 0. The molecule has 31 heavy (non-hydrogen) atoms. The molecule has 0 aliphatic carbocycles.